The molecule has 15 heavy (non-hydrogen) atoms. The van der Waals surface area contributed by atoms with E-state index < -0.39 is 12.1 Å². The summed E-state index contributed by atoms with van der Waals surface area (Å²) in [4.78, 5) is 10.7. The molecule has 0 aliphatic carbocycles. The number of carboxylic acids is 1. The summed E-state index contributed by atoms with van der Waals surface area (Å²) < 4.78 is 5.23. The van der Waals surface area contributed by atoms with Crippen molar-refractivity contribution in [1.82, 2.24) is 0 Å². The summed E-state index contributed by atoms with van der Waals surface area (Å²) >= 11 is 5.84. The maximum Gasteiger partial charge on any atom is 0.344 e. The summed E-state index contributed by atoms with van der Waals surface area (Å²) in [5, 5.41) is 9.12. The normalized spacial score (nSPS) is 12.1. The number of nitrogens with two attached hydrogens (primary N) is 1. The number of carbonyl (C=O) groups is 1. The van der Waals surface area contributed by atoms with E-state index in [0.29, 0.717) is 17.1 Å². The first kappa shape index (κ1) is 11.7. The maximum atomic E-state index is 10.7. The van der Waals surface area contributed by atoms with Gasteiger partial charge in [-0.25, -0.2) is 4.79 Å². The minimum atomic E-state index is -1.03. The zero-order valence-electron chi connectivity index (χ0n) is 8.24. The molecule has 0 aromatic heterocycles. The van der Waals surface area contributed by atoms with Crippen LogP contribution in [0.3, 0.4) is 0 Å². The van der Waals surface area contributed by atoms with Crippen LogP contribution in [-0.2, 0) is 4.79 Å². The lowest BCUT2D eigenvalue weighted by atomic mass is 10.2. The van der Waals surface area contributed by atoms with Crippen molar-refractivity contribution in [2.45, 2.75) is 19.4 Å². The Morgan fingerprint density at radius 1 is 1.67 bits per heavy atom. The van der Waals surface area contributed by atoms with Crippen LogP contribution in [0.25, 0.3) is 0 Å². The van der Waals surface area contributed by atoms with Crippen molar-refractivity contribution < 1.29 is 14.6 Å². The van der Waals surface area contributed by atoms with Gasteiger partial charge in [-0.1, -0.05) is 24.6 Å². The van der Waals surface area contributed by atoms with Crippen LogP contribution in [-0.4, -0.2) is 17.2 Å². The molecule has 1 atom stereocenters. The monoisotopic (exact) mass is 229 g/mol. The van der Waals surface area contributed by atoms with Gasteiger partial charge in [0, 0.05) is 0 Å². The van der Waals surface area contributed by atoms with Gasteiger partial charge >= 0.3 is 5.97 Å². The van der Waals surface area contributed by atoms with E-state index in [-0.39, 0.29) is 5.75 Å². The summed E-state index contributed by atoms with van der Waals surface area (Å²) in [6.45, 7) is 1.71. The SMILES string of the molecule is CCC(Oc1c(N)cccc1Cl)C(=O)O. The van der Waals surface area contributed by atoms with Crippen LogP contribution in [0.1, 0.15) is 13.3 Å². The Hall–Kier alpha value is -1.42. The Morgan fingerprint density at radius 3 is 2.80 bits per heavy atom. The molecule has 0 spiro atoms. The number of benzene rings is 1. The van der Waals surface area contributed by atoms with Crippen LogP contribution in [0.15, 0.2) is 18.2 Å². The molecular weight excluding hydrogens is 218 g/mol. The van der Waals surface area contributed by atoms with Gasteiger partial charge in [0.15, 0.2) is 11.9 Å². The van der Waals surface area contributed by atoms with Crippen LogP contribution < -0.4 is 10.5 Å². The van der Waals surface area contributed by atoms with E-state index in [1.807, 2.05) is 0 Å². The molecule has 0 saturated heterocycles. The summed E-state index contributed by atoms with van der Waals surface area (Å²) in [5.41, 5.74) is 5.96. The molecule has 0 fully saturated rings. The van der Waals surface area contributed by atoms with E-state index in [0.717, 1.165) is 0 Å². The van der Waals surface area contributed by atoms with Gasteiger partial charge in [-0.2, -0.15) is 0 Å². The maximum absolute atomic E-state index is 10.7. The van der Waals surface area contributed by atoms with E-state index in [4.69, 9.17) is 27.2 Å². The van der Waals surface area contributed by atoms with Crippen LogP contribution >= 0.6 is 11.6 Å². The van der Waals surface area contributed by atoms with Gasteiger partial charge in [-0.3, -0.25) is 0 Å². The molecule has 82 valence electrons. The number of para-hydroxylation sites is 1. The zero-order chi connectivity index (χ0) is 11.4. The number of nitrogen functional groups attached to an aromatic ring is 1. The summed E-state index contributed by atoms with van der Waals surface area (Å²) in [6.07, 6.45) is -0.577. The smallest absolute Gasteiger partial charge is 0.344 e. The molecule has 0 amide bonds. The summed E-state index contributed by atoms with van der Waals surface area (Å²) in [7, 11) is 0. The van der Waals surface area contributed by atoms with E-state index in [2.05, 4.69) is 0 Å². The number of aliphatic carboxylic acids is 1. The molecule has 0 aliphatic heterocycles. The van der Waals surface area contributed by atoms with Gasteiger partial charge in [-0.15, -0.1) is 0 Å². The largest absolute Gasteiger partial charge is 0.479 e. The highest BCUT2D eigenvalue weighted by Crippen LogP contribution is 2.31. The lowest BCUT2D eigenvalue weighted by molar-refractivity contribution is -0.145. The molecular formula is C10H12ClNO3. The van der Waals surface area contributed by atoms with E-state index in [1.54, 1.807) is 25.1 Å². The number of ether oxygens (including phenoxy) is 1. The molecule has 1 aromatic rings. The van der Waals surface area contributed by atoms with Gasteiger partial charge in [0.1, 0.15) is 0 Å². The van der Waals surface area contributed by atoms with Crippen molar-refractivity contribution in [3.8, 4) is 5.75 Å². The molecule has 3 N–H and O–H groups in total. The molecule has 1 rings (SSSR count). The predicted octanol–water partition coefficient (Wildman–Crippen LogP) is 2.16. The fraction of sp³-hybridized carbons (Fsp3) is 0.300. The molecule has 0 radical (unpaired) electrons. The summed E-state index contributed by atoms with van der Waals surface area (Å²) in [5.74, 6) is -0.801. The van der Waals surface area contributed by atoms with Crippen molar-refractivity contribution in [3.63, 3.8) is 0 Å². The van der Waals surface area contributed by atoms with E-state index >= 15 is 0 Å². The number of hydrogen-bond donors (Lipinski definition) is 2. The average molecular weight is 230 g/mol. The quantitative estimate of drug-likeness (QED) is 0.776. The number of carboxylic acid groups (broad SMARTS) is 1. The van der Waals surface area contributed by atoms with Gasteiger partial charge in [-0.05, 0) is 18.6 Å². The van der Waals surface area contributed by atoms with Crippen molar-refractivity contribution >= 4 is 23.3 Å². The number of rotatable bonds is 4. The number of anilines is 1. The fourth-order valence-electron chi connectivity index (χ4n) is 1.10. The first-order chi connectivity index (χ1) is 7.06. The second kappa shape index (κ2) is 4.89. The van der Waals surface area contributed by atoms with Gasteiger partial charge < -0.3 is 15.6 Å². The molecule has 0 aliphatic rings. The Bertz CT molecular complexity index is 347. The molecule has 0 heterocycles. The Kier molecular flexibility index (Phi) is 3.80. The van der Waals surface area contributed by atoms with Crippen LogP contribution in [0.5, 0.6) is 5.75 Å². The van der Waals surface area contributed by atoms with Crippen molar-refractivity contribution in [1.29, 1.82) is 0 Å². The fourth-order valence-corrected chi connectivity index (χ4v) is 1.33. The number of halogens is 1. The first-order valence-electron chi connectivity index (χ1n) is 4.49. The summed E-state index contributed by atoms with van der Waals surface area (Å²) in [6, 6.07) is 4.88. The third-order valence-electron chi connectivity index (χ3n) is 1.90. The third-order valence-corrected chi connectivity index (χ3v) is 2.20. The highest BCUT2D eigenvalue weighted by atomic mass is 35.5. The van der Waals surface area contributed by atoms with E-state index in [1.165, 1.54) is 0 Å². The predicted molar refractivity (Wildman–Crippen MR) is 58.2 cm³/mol. The lowest BCUT2D eigenvalue weighted by Gasteiger charge is -2.15. The number of hydrogen-bond acceptors (Lipinski definition) is 3. The van der Waals surface area contributed by atoms with Crippen LogP contribution in [0.4, 0.5) is 5.69 Å². The van der Waals surface area contributed by atoms with Crippen LogP contribution in [0, 0.1) is 0 Å². The first-order valence-corrected chi connectivity index (χ1v) is 4.87. The lowest BCUT2D eigenvalue weighted by Crippen LogP contribution is -2.26. The molecule has 1 unspecified atom stereocenters. The van der Waals surface area contributed by atoms with Gasteiger partial charge in [0.25, 0.3) is 0 Å². The Morgan fingerprint density at radius 2 is 2.33 bits per heavy atom. The average Bonchev–Trinajstić information content (AvgIpc) is 2.17. The second-order valence-electron chi connectivity index (χ2n) is 3.01. The van der Waals surface area contributed by atoms with E-state index in [9.17, 15) is 4.79 Å². The second-order valence-corrected chi connectivity index (χ2v) is 3.42. The molecule has 0 bridgehead atoms. The molecule has 1 aromatic carbocycles. The Labute approximate surface area is 92.6 Å². The van der Waals surface area contributed by atoms with Crippen LogP contribution in [0.2, 0.25) is 5.02 Å². The highest BCUT2D eigenvalue weighted by Gasteiger charge is 2.19. The topological polar surface area (TPSA) is 72.5 Å². The standard InChI is InChI=1S/C10H12ClNO3/c1-2-8(10(13)14)15-9-6(11)4-3-5-7(9)12/h3-5,8H,2,12H2,1H3,(H,13,14). The van der Waals surface area contributed by atoms with Crippen molar-refractivity contribution in [2.24, 2.45) is 0 Å². The van der Waals surface area contributed by atoms with Crippen molar-refractivity contribution in [2.75, 3.05) is 5.73 Å². The molecule has 5 heteroatoms. The van der Waals surface area contributed by atoms with Crippen molar-refractivity contribution in [3.05, 3.63) is 23.2 Å². The zero-order valence-corrected chi connectivity index (χ0v) is 8.99. The van der Waals surface area contributed by atoms with Gasteiger partial charge in [0.2, 0.25) is 0 Å². The third kappa shape index (κ3) is 2.76. The molecule has 4 nitrogen and oxygen atoms in total. The highest BCUT2D eigenvalue weighted by molar-refractivity contribution is 6.32. The minimum absolute atomic E-state index is 0.230. The Balaban J connectivity index is 2.92. The minimum Gasteiger partial charge on any atom is -0.479 e. The molecule has 0 saturated carbocycles. The van der Waals surface area contributed by atoms with Gasteiger partial charge in [0.05, 0.1) is 10.7 Å².